The third-order valence-electron chi connectivity index (χ3n) is 5.09. The van der Waals surface area contributed by atoms with Crippen molar-refractivity contribution >= 4 is 23.5 Å². The first-order valence-corrected chi connectivity index (χ1v) is 11.9. The minimum atomic E-state index is -0.404. The van der Waals surface area contributed by atoms with Gasteiger partial charge in [-0.25, -0.2) is 4.79 Å². The molecule has 3 rings (SSSR count). The fraction of sp³-hybridized carbons (Fsp3) is 0.129. The van der Waals surface area contributed by atoms with Gasteiger partial charge in [0.15, 0.2) is 5.96 Å². The summed E-state index contributed by atoms with van der Waals surface area (Å²) in [7, 11) is 0. The van der Waals surface area contributed by atoms with E-state index in [1.807, 2.05) is 74.5 Å². The number of allylic oxidation sites excluding steroid dienone is 4. The Morgan fingerprint density at radius 3 is 1.95 bits per heavy atom. The maximum Gasteiger partial charge on any atom is 0.343 e. The van der Waals surface area contributed by atoms with Crippen molar-refractivity contribution in [3.8, 4) is 5.75 Å². The Bertz CT molecular complexity index is 1290. The molecule has 0 radical (unpaired) electrons. The lowest BCUT2D eigenvalue weighted by Gasteiger charge is -2.07. The van der Waals surface area contributed by atoms with Gasteiger partial charge in [-0.1, -0.05) is 90.5 Å². The van der Waals surface area contributed by atoms with Crippen molar-refractivity contribution in [1.29, 1.82) is 5.41 Å². The highest BCUT2D eigenvalue weighted by atomic mass is 16.5. The number of nitrogens with one attached hydrogen (secondary N) is 1. The summed E-state index contributed by atoms with van der Waals surface area (Å²) in [5.74, 6) is -0.581. The van der Waals surface area contributed by atoms with Gasteiger partial charge in [0.1, 0.15) is 12.4 Å². The smallest absolute Gasteiger partial charge is 0.343 e. The molecule has 7 heteroatoms. The molecule has 0 spiro atoms. The van der Waals surface area contributed by atoms with E-state index in [1.54, 1.807) is 36.4 Å². The van der Waals surface area contributed by atoms with Crippen molar-refractivity contribution in [2.75, 3.05) is 0 Å². The maximum atomic E-state index is 12.3. The number of benzene rings is 3. The molecule has 0 fully saturated rings. The Morgan fingerprint density at radius 1 is 0.868 bits per heavy atom. The first-order valence-electron chi connectivity index (χ1n) is 11.9. The molecule has 196 valence electrons. The fourth-order valence-electron chi connectivity index (χ4n) is 3.14. The summed E-state index contributed by atoms with van der Waals surface area (Å²) in [6.07, 6.45) is 7.30. The number of nitrogens with two attached hydrogens (primary N) is 2. The molecule has 3 aromatic carbocycles. The third kappa shape index (κ3) is 10.8. The second-order valence-electron chi connectivity index (χ2n) is 8.35. The topological polar surface area (TPSA) is 128 Å². The second-order valence-corrected chi connectivity index (χ2v) is 8.35. The Kier molecular flexibility index (Phi) is 11.8. The number of carbonyl (C=O) groups is 2. The fourth-order valence-corrected chi connectivity index (χ4v) is 3.14. The molecule has 0 aliphatic rings. The summed E-state index contributed by atoms with van der Waals surface area (Å²) in [6.45, 7) is 8.00. The van der Waals surface area contributed by atoms with Gasteiger partial charge in [-0.15, -0.1) is 0 Å². The van der Waals surface area contributed by atoms with E-state index in [-0.39, 0.29) is 25.0 Å². The van der Waals surface area contributed by atoms with Crippen LogP contribution in [-0.2, 0) is 16.1 Å². The van der Waals surface area contributed by atoms with Gasteiger partial charge in [0.25, 0.3) is 0 Å². The summed E-state index contributed by atoms with van der Waals surface area (Å²) in [4.78, 5) is 24.4. The SMILES string of the molecule is C=C/C=C(\C=C/CC(=O)OCc1ccc(C)cc1)c1ccc(OC(=O)c2ccc(C)cc2)cc1.N=C(N)N. The van der Waals surface area contributed by atoms with Gasteiger partial charge in [0.2, 0.25) is 0 Å². The summed E-state index contributed by atoms with van der Waals surface area (Å²) >= 11 is 0. The van der Waals surface area contributed by atoms with Crippen LogP contribution in [0.3, 0.4) is 0 Å². The predicted octanol–water partition coefficient (Wildman–Crippen LogP) is 5.62. The zero-order valence-electron chi connectivity index (χ0n) is 21.6. The molecule has 0 aromatic heterocycles. The molecule has 0 aliphatic heterocycles. The van der Waals surface area contributed by atoms with Crippen LogP contribution in [-0.4, -0.2) is 17.9 Å². The van der Waals surface area contributed by atoms with Crippen LogP contribution < -0.4 is 16.2 Å². The molecule has 3 aromatic rings. The molecule has 0 bridgehead atoms. The molecule has 0 atom stereocenters. The van der Waals surface area contributed by atoms with E-state index in [9.17, 15) is 9.59 Å². The maximum absolute atomic E-state index is 12.3. The van der Waals surface area contributed by atoms with Gasteiger partial charge in [-0.3, -0.25) is 10.2 Å². The average molecular weight is 512 g/mol. The molecular weight excluding hydrogens is 478 g/mol. The molecule has 5 N–H and O–H groups in total. The van der Waals surface area contributed by atoms with Crippen molar-refractivity contribution in [2.24, 2.45) is 11.5 Å². The largest absolute Gasteiger partial charge is 0.461 e. The third-order valence-corrected chi connectivity index (χ3v) is 5.09. The van der Waals surface area contributed by atoms with Gasteiger partial charge in [-0.05, 0) is 54.8 Å². The molecule has 0 heterocycles. The monoisotopic (exact) mass is 511 g/mol. The number of aryl methyl sites for hydroxylation is 2. The van der Waals surface area contributed by atoms with E-state index < -0.39 is 5.97 Å². The Morgan fingerprint density at radius 2 is 1.39 bits per heavy atom. The zero-order valence-corrected chi connectivity index (χ0v) is 21.6. The number of hydrogen-bond acceptors (Lipinski definition) is 5. The molecular formula is C31H33N3O4. The van der Waals surface area contributed by atoms with Crippen LogP contribution in [0.2, 0.25) is 0 Å². The number of esters is 2. The van der Waals surface area contributed by atoms with E-state index in [0.717, 1.165) is 27.8 Å². The number of carbonyl (C=O) groups excluding carboxylic acids is 2. The summed E-state index contributed by atoms with van der Waals surface area (Å²) in [5.41, 5.74) is 14.4. The number of rotatable bonds is 9. The summed E-state index contributed by atoms with van der Waals surface area (Å²) in [5, 5.41) is 6.06. The van der Waals surface area contributed by atoms with Crippen LogP contribution in [0.25, 0.3) is 5.57 Å². The quantitative estimate of drug-likeness (QED) is 0.112. The van der Waals surface area contributed by atoms with Crippen molar-refractivity contribution in [2.45, 2.75) is 26.9 Å². The minimum Gasteiger partial charge on any atom is -0.461 e. The lowest BCUT2D eigenvalue weighted by Crippen LogP contribution is -2.20. The van der Waals surface area contributed by atoms with Crippen LogP contribution in [0, 0.1) is 19.3 Å². The average Bonchev–Trinajstić information content (AvgIpc) is 2.88. The van der Waals surface area contributed by atoms with Crippen molar-refractivity contribution in [1.82, 2.24) is 0 Å². The zero-order chi connectivity index (χ0) is 27.9. The van der Waals surface area contributed by atoms with Crippen molar-refractivity contribution in [3.63, 3.8) is 0 Å². The lowest BCUT2D eigenvalue weighted by molar-refractivity contribution is -0.143. The van der Waals surface area contributed by atoms with Crippen molar-refractivity contribution in [3.05, 3.63) is 131 Å². The number of guanidine groups is 1. The van der Waals surface area contributed by atoms with E-state index >= 15 is 0 Å². The standard InChI is InChI=1S/C30H28O4.CH5N3/c1-4-6-25(7-5-8-29(31)33-21-24-13-9-22(2)10-14-24)26-17-19-28(20-18-26)34-30(32)27-15-11-23(3)12-16-27;2-1(3)4/h4-7,9-20H,1,8,21H2,2-3H3;(H5,2,3,4)/b7-5-,25-6+;. The highest BCUT2D eigenvalue weighted by molar-refractivity contribution is 5.91. The van der Waals surface area contributed by atoms with Gasteiger partial charge in [-0.2, -0.15) is 0 Å². The molecule has 0 unspecified atom stereocenters. The summed E-state index contributed by atoms with van der Waals surface area (Å²) < 4.78 is 10.8. The lowest BCUT2D eigenvalue weighted by atomic mass is 10.0. The predicted molar refractivity (Wildman–Crippen MR) is 152 cm³/mol. The molecule has 0 saturated carbocycles. The number of ether oxygens (including phenoxy) is 2. The Labute approximate surface area is 223 Å². The van der Waals surface area contributed by atoms with Crippen LogP contribution in [0.4, 0.5) is 0 Å². The molecule has 7 nitrogen and oxygen atoms in total. The van der Waals surface area contributed by atoms with Crippen LogP contribution in [0.15, 0.2) is 104 Å². The molecule has 38 heavy (non-hydrogen) atoms. The molecule has 0 aliphatic carbocycles. The highest BCUT2D eigenvalue weighted by Gasteiger charge is 2.09. The van der Waals surface area contributed by atoms with Crippen LogP contribution in [0.1, 0.15) is 39.0 Å². The summed E-state index contributed by atoms with van der Waals surface area (Å²) in [6, 6.07) is 22.3. The molecule has 0 amide bonds. The van der Waals surface area contributed by atoms with E-state index in [1.165, 1.54) is 0 Å². The normalized spacial score (nSPS) is 10.7. The highest BCUT2D eigenvalue weighted by Crippen LogP contribution is 2.21. The van der Waals surface area contributed by atoms with Gasteiger partial charge in [0, 0.05) is 0 Å². The Hall–Kier alpha value is -4.91. The molecule has 0 saturated heterocycles. The van der Waals surface area contributed by atoms with Crippen LogP contribution in [0.5, 0.6) is 5.75 Å². The van der Waals surface area contributed by atoms with E-state index in [0.29, 0.717) is 11.3 Å². The van der Waals surface area contributed by atoms with Crippen LogP contribution >= 0.6 is 0 Å². The van der Waals surface area contributed by atoms with Gasteiger partial charge in [0.05, 0.1) is 12.0 Å². The van der Waals surface area contributed by atoms with Gasteiger partial charge >= 0.3 is 11.9 Å². The van der Waals surface area contributed by atoms with E-state index in [2.05, 4.69) is 18.0 Å². The number of hydrogen-bond donors (Lipinski definition) is 3. The van der Waals surface area contributed by atoms with E-state index in [4.69, 9.17) is 14.9 Å². The first kappa shape index (κ1) is 29.3. The second kappa shape index (κ2) is 15.3. The van der Waals surface area contributed by atoms with Gasteiger partial charge < -0.3 is 20.9 Å². The Balaban J connectivity index is 0.00000118. The van der Waals surface area contributed by atoms with Crippen molar-refractivity contribution < 1.29 is 19.1 Å². The first-order chi connectivity index (χ1) is 18.2. The minimum absolute atomic E-state index is 0.159.